The summed E-state index contributed by atoms with van der Waals surface area (Å²) in [6.45, 7) is 4.50. The van der Waals surface area contributed by atoms with Gasteiger partial charge in [-0.05, 0) is 61.4 Å². The van der Waals surface area contributed by atoms with Crippen LogP contribution in [0.3, 0.4) is 0 Å². The molecule has 1 fully saturated rings. The molecule has 1 N–H and O–H groups in total. The lowest BCUT2D eigenvalue weighted by molar-refractivity contribution is 0.0950. The summed E-state index contributed by atoms with van der Waals surface area (Å²) in [6, 6.07) is 9.53. The van der Waals surface area contributed by atoms with E-state index in [1.165, 1.54) is 6.07 Å². The number of benzene rings is 1. The maximum absolute atomic E-state index is 13.7. The van der Waals surface area contributed by atoms with Gasteiger partial charge in [-0.2, -0.15) is 4.98 Å². The van der Waals surface area contributed by atoms with E-state index in [-0.39, 0.29) is 30.5 Å². The first-order valence-electron chi connectivity index (χ1n) is 12.6. The number of aromatic nitrogens is 4. The summed E-state index contributed by atoms with van der Waals surface area (Å²) < 4.78 is 35.1. The van der Waals surface area contributed by atoms with Crippen molar-refractivity contribution in [3.8, 4) is 6.01 Å². The van der Waals surface area contributed by atoms with Crippen LogP contribution in [0.2, 0.25) is 0 Å². The monoisotopic (exact) mass is 505 g/mol. The van der Waals surface area contributed by atoms with Gasteiger partial charge >= 0.3 is 6.01 Å². The molecule has 9 heteroatoms. The maximum Gasteiger partial charge on any atom is 0.317 e. The van der Waals surface area contributed by atoms with E-state index in [1.54, 1.807) is 12.4 Å². The van der Waals surface area contributed by atoms with Gasteiger partial charge in [-0.1, -0.05) is 26.0 Å². The number of pyridine rings is 1. The molecular weight excluding hydrogens is 476 g/mol. The second-order valence-corrected chi connectivity index (χ2v) is 9.66. The molecule has 3 aromatic heterocycles. The van der Waals surface area contributed by atoms with Gasteiger partial charge in [0.25, 0.3) is 5.91 Å². The van der Waals surface area contributed by atoms with Gasteiger partial charge in [-0.25, -0.2) is 13.8 Å². The summed E-state index contributed by atoms with van der Waals surface area (Å²) in [7, 11) is 0. The highest BCUT2D eigenvalue weighted by molar-refractivity contribution is 6.07. The van der Waals surface area contributed by atoms with Gasteiger partial charge in [-0.15, -0.1) is 0 Å². The minimum absolute atomic E-state index is 0.0267. The standard InChI is InChI=1S/C28H29F2N5O2/c1-17(2)26-24(27(36)32-14-18-10-11-21(29)22(30)13-18)25-23(35(26)16-19-7-5-6-12-31-19)15-33-28(34-25)37-20-8-3-4-9-20/h5-7,10-13,15,17,20H,3-4,8-9,14,16H2,1-2H3,(H,32,36). The Kier molecular flexibility index (Phi) is 7.12. The molecule has 1 aliphatic rings. The van der Waals surface area contributed by atoms with Gasteiger partial charge < -0.3 is 14.6 Å². The summed E-state index contributed by atoms with van der Waals surface area (Å²) in [6.07, 6.45) is 7.65. The molecular formula is C28H29F2N5O2. The second-order valence-electron chi connectivity index (χ2n) is 9.66. The molecule has 192 valence electrons. The number of rotatable bonds is 8. The molecule has 0 saturated heterocycles. The smallest absolute Gasteiger partial charge is 0.317 e. The average Bonchev–Trinajstić information content (AvgIpc) is 3.51. The van der Waals surface area contributed by atoms with Crippen molar-refractivity contribution in [3.05, 3.63) is 82.9 Å². The fourth-order valence-corrected chi connectivity index (χ4v) is 4.91. The summed E-state index contributed by atoms with van der Waals surface area (Å²) in [5, 5.41) is 2.86. The third-order valence-electron chi connectivity index (χ3n) is 6.65. The van der Waals surface area contributed by atoms with E-state index in [1.807, 2.05) is 36.6 Å². The molecule has 0 bridgehead atoms. The number of hydrogen-bond acceptors (Lipinski definition) is 5. The van der Waals surface area contributed by atoms with Crippen LogP contribution in [0.5, 0.6) is 6.01 Å². The van der Waals surface area contributed by atoms with E-state index >= 15 is 0 Å². The largest absolute Gasteiger partial charge is 0.460 e. The van der Waals surface area contributed by atoms with Crippen molar-refractivity contribution in [2.24, 2.45) is 0 Å². The first-order valence-corrected chi connectivity index (χ1v) is 12.6. The van der Waals surface area contributed by atoms with Gasteiger partial charge in [-0.3, -0.25) is 9.78 Å². The molecule has 0 unspecified atom stereocenters. The Morgan fingerprint density at radius 1 is 1.14 bits per heavy atom. The van der Waals surface area contributed by atoms with Crippen molar-refractivity contribution in [3.63, 3.8) is 0 Å². The minimum atomic E-state index is -0.956. The highest BCUT2D eigenvalue weighted by Crippen LogP contribution is 2.32. The van der Waals surface area contributed by atoms with E-state index < -0.39 is 11.6 Å². The van der Waals surface area contributed by atoms with Crippen LogP contribution in [0.1, 0.15) is 72.8 Å². The van der Waals surface area contributed by atoms with E-state index in [0.717, 1.165) is 49.2 Å². The van der Waals surface area contributed by atoms with Crippen LogP contribution < -0.4 is 10.1 Å². The molecule has 1 aliphatic carbocycles. The topological polar surface area (TPSA) is 81.9 Å². The Balaban J connectivity index is 1.56. The first-order chi connectivity index (χ1) is 17.9. The van der Waals surface area contributed by atoms with E-state index in [0.29, 0.717) is 28.7 Å². The van der Waals surface area contributed by atoms with Crippen LogP contribution in [-0.2, 0) is 13.1 Å². The Morgan fingerprint density at radius 3 is 2.65 bits per heavy atom. The third kappa shape index (κ3) is 5.30. The second kappa shape index (κ2) is 10.6. The highest BCUT2D eigenvalue weighted by Gasteiger charge is 2.27. The molecule has 37 heavy (non-hydrogen) atoms. The number of fused-ring (bicyclic) bond motifs is 1. The SMILES string of the molecule is CC(C)c1c(C(=O)NCc2ccc(F)c(F)c2)c2nc(OC3CCCC3)ncc2n1Cc1ccccn1. The number of carbonyl (C=O) groups is 1. The summed E-state index contributed by atoms with van der Waals surface area (Å²) in [5.74, 6) is -2.27. The molecule has 0 atom stereocenters. The maximum atomic E-state index is 13.7. The fourth-order valence-electron chi connectivity index (χ4n) is 4.91. The Bertz CT molecular complexity index is 1420. The molecule has 7 nitrogen and oxygen atoms in total. The highest BCUT2D eigenvalue weighted by atomic mass is 19.2. The number of amides is 1. The van der Waals surface area contributed by atoms with Crippen molar-refractivity contribution in [2.75, 3.05) is 0 Å². The summed E-state index contributed by atoms with van der Waals surface area (Å²) >= 11 is 0. The lowest BCUT2D eigenvalue weighted by Crippen LogP contribution is -2.25. The van der Waals surface area contributed by atoms with Crippen molar-refractivity contribution >= 4 is 16.9 Å². The Labute approximate surface area is 213 Å². The zero-order valence-corrected chi connectivity index (χ0v) is 20.9. The average molecular weight is 506 g/mol. The predicted molar refractivity (Wildman–Crippen MR) is 135 cm³/mol. The summed E-state index contributed by atoms with van der Waals surface area (Å²) in [5.41, 5.74) is 3.69. The van der Waals surface area contributed by atoms with Crippen LogP contribution in [0.15, 0.2) is 48.8 Å². The van der Waals surface area contributed by atoms with Crippen molar-refractivity contribution in [2.45, 2.75) is 64.6 Å². The van der Waals surface area contributed by atoms with E-state index in [2.05, 4.69) is 15.3 Å². The first kappa shape index (κ1) is 24.8. The number of nitrogens with one attached hydrogen (secondary N) is 1. The van der Waals surface area contributed by atoms with Crippen LogP contribution in [0.4, 0.5) is 8.78 Å². The number of halogens is 2. The van der Waals surface area contributed by atoms with Gasteiger partial charge in [0.1, 0.15) is 11.6 Å². The van der Waals surface area contributed by atoms with Crippen molar-refractivity contribution < 1.29 is 18.3 Å². The Hall–Kier alpha value is -3.88. The third-order valence-corrected chi connectivity index (χ3v) is 6.65. The van der Waals surface area contributed by atoms with Crippen LogP contribution >= 0.6 is 0 Å². The molecule has 1 aromatic carbocycles. The number of nitrogens with zero attached hydrogens (tertiary/aromatic N) is 4. The predicted octanol–water partition coefficient (Wildman–Crippen LogP) is 5.53. The van der Waals surface area contributed by atoms with E-state index in [4.69, 9.17) is 9.72 Å². The van der Waals surface area contributed by atoms with Crippen molar-refractivity contribution in [1.82, 2.24) is 24.8 Å². The molecule has 1 amide bonds. The van der Waals surface area contributed by atoms with Gasteiger partial charge in [0, 0.05) is 18.4 Å². The zero-order chi connectivity index (χ0) is 25.9. The minimum Gasteiger partial charge on any atom is -0.460 e. The van der Waals surface area contributed by atoms with Gasteiger partial charge in [0.15, 0.2) is 11.6 Å². The number of carbonyl (C=O) groups excluding carboxylic acids is 1. The Morgan fingerprint density at radius 2 is 1.95 bits per heavy atom. The number of hydrogen-bond donors (Lipinski definition) is 1. The van der Waals surface area contributed by atoms with E-state index in [9.17, 15) is 13.6 Å². The molecule has 0 radical (unpaired) electrons. The molecule has 0 spiro atoms. The number of ether oxygens (including phenoxy) is 1. The summed E-state index contributed by atoms with van der Waals surface area (Å²) in [4.78, 5) is 27.3. The van der Waals surface area contributed by atoms with Crippen LogP contribution in [0.25, 0.3) is 11.0 Å². The molecule has 5 rings (SSSR count). The molecule has 1 saturated carbocycles. The lowest BCUT2D eigenvalue weighted by atomic mass is 10.0. The van der Waals surface area contributed by atoms with Crippen LogP contribution in [-0.4, -0.2) is 31.5 Å². The normalized spacial score (nSPS) is 14.0. The fraction of sp³-hybridized carbons (Fsp3) is 0.357. The quantitative estimate of drug-likeness (QED) is 0.341. The lowest BCUT2D eigenvalue weighted by Gasteiger charge is -2.15. The van der Waals surface area contributed by atoms with Crippen LogP contribution in [0, 0.1) is 11.6 Å². The molecule has 0 aliphatic heterocycles. The van der Waals surface area contributed by atoms with Gasteiger partial charge in [0.05, 0.1) is 29.5 Å². The molecule has 3 heterocycles. The zero-order valence-electron chi connectivity index (χ0n) is 20.9. The van der Waals surface area contributed by atoms with Gasteiger partial charge in [0.2, 0.25) is 0 Å². The van der Waals surface area contributed by atoms with Crippen molar-refractivity contribution in [1.29, 1.82) is 0 Å². The molecule has 4 aromatic rings.